The summed E-state index contributed by atoms with van der Waals surface area (Å²) in [5.41, 5.74) is -3.52. The van der Waals surface area contributed by atoms with Gasteiger partial charge in [0.2, 0.25) is 0 Å². The maximum absolute atomic E-state index is 14.2. The molecule has 1 aromatic rings. The van der Waals surface area contributed by atoms with Crippen molar-refractivity contribution in [2.24, 2.45) is 0 Å². The molecule has 0 radical (unpaired) electrons. The second-order valence-corrected chi connectivity index (χ2v) is 8.07. The van der Waals surface area contributed by atoms with Crippen LogP contribution in [0.2, 0.25) is 0 Å². The Morgan fingerprint density at radius 1 is 0.680 bits per heavy atom. The van der Waals surface area contributed by atoms with Crippen molar-refractivity contribution in [3.05, 3.63) is 28.8 Å². The Bertz CT molecular complexity index is 647. The zero-order chi connectivity index (χ0) is 20.2. The van der Waals surface area contributed by atoms with E-state index < -0.39 is 40.2 Å². The molecule has 0 saturated heterocycles. The van der Waals surface area contributed by atoms with Crippen molar-refractivity contribution in [2.45, 2.75) is 70.4 Å². The summed E-state index contributed by atoms with van der Waals surface area (Å²) in [5.74, 6) is -13.2. The maximum atomic E-state index is 14.2. The summed E-state index contributed by atoms with van der Waals surface area (Å²) in [6.45, 7) is 9.36. The van der Waals surface area contributed by atoms with Gasteiger partial charge in [0.1, 0.15) is 5.75 Å². The summed E-state index contributed by atoms with van der Waals surface area (Å²) < 4.78 is 92.8. The van der Waals surface area contributed by atoms with Crippen molar-refractivity contribution in [1.82, 2.24) is 0 Å². The normalized spacial score (nSPS) is 14.8. The highest BCUT2D eigenvalue weighted by atomic mass is 19.4. The molecule has 0 aliphatic heterocycles. The molecule has 0 unspecified atom stereocenters. The van der Waals surface area contributed by atoms with E-state index in [1.807, 2.05) is 0 Å². The first-order valence-corrected chi connectivity index (χ1v) is 7.45. The standard InChI is InChI=1S/C17H21F7O/c1-13(2,3)9-7-10(14(4,5)6)12(25)11(8-9)15(18,19)16(20,21)17(22,23)24/h7-8,25H,1-6H3. The minimum absolute atomic E-state index is 0.114. The molecular weight excluding hydrogens is 353 g/mol. The summed E-state index contributed by atoms with van der Waals surface area (Å²) >= 11 is 0. The largest absolute Gasteiger partial charge is 0.507 e. The smallest absolute Gasteiger partial charge is 0.460 e. The molecular formula is C17H21F7O. The lowest BCUT2D eigenvalue weighted by Gasteiger charge is -2.32. The lowest BCUT2D eigenvalue weighted by Crippen LogP contribution is -2.50. The zero-order valence-electron chi connectivity index (χ0n) is 14.7. The van der Waals surface area contributed by atoms with Crippen LogP contribution < -0.4 is 0 Å². The Hall–Kier alpha value is -1.47. The molecule has 1 rings (SSSR count). The lowest BCUT2D eigenvalue weighted by atomic mass is 9.77. The second-order valence-electron chi connectivity index (χ2n) is 8.07. The fourth-order valence-corrected chi connectivity index (χ4v) is 2.23. The topological polar surface area (TPSA) is 20.2 Å². The van der Waals surface area contributed by atoms with Crippen molar-refractivity contribution in [3.8, 4) is 5.75 Å². The van der Waals surface area contributed by atoms with E-state index in [0.717, 1.165) is 0 Å². The molecule has 0 aromatic heterocycles. The molecule has 0 atom stereocenters. The highest BCUT2D eigenvalue weighted by Gasteiger charge is 2.74. The maximum Gasteiger partial charge on any atom is 0.460 e. The molecule has 144 valence electrons. The van der Waals surface area contributed by atoms with Gasteiger partial charge in [0.15, 0.2) is 0 Å². The fourth-order valence-electron chi connectivity index (χ4n) is 2.23. The van der Waals surface area contributed by atoms with Crippen LogP contribution >= 0.6 is 0 Å². The first-order valence-electron chi connectivity index (χ1n) is 7.45. The molecule has 8 heteroatoms. The van der Waals surface area contributed by atoms with E-state index >= 15 is 0 Å². The van der Waals surface area contributed by atoms with Crippen LogP contribution in [0.15, 0.2) is 12.1 Å². The van der Waals surface area contributed by atoms with Gasteiger partial charge in [0.05, 0.1) is 5.56 Å². The zero-order valence-corrected chi connectivity index (χ0v) is 14.7. The van der Waals surface area contributed by atoms with Crippen molar-refractivity contribution < 1.29 is 35.8 Å². The van der Waals surface area contributed by atoms with Gasteiger partial charge in [0, 0.05) is 5.56 Å². The van der Waals surface area contributed by atoms with Crippen LogP contribution in [0.1, 0.15) is 58.2 Å². The summed E-state index contributed by atoms with van der Waals surface area (Å²) in [7, 11) is 0. The third-order valence-corrected chi connectivity index (χ3v) is 3.87. The third-order valence-electron chi connectivity index (χ3n) is 3.87. The Kier molecular flexibility index (Phi) is 4.98. The Labute approximate surface area is 141 Å². The van der Waals surface area contributed by atoms with Crippen LogP contribution in [-0.4, -0.2) is 17.2 Å². The van der Waals surface area contributed by atoms with E-state index in [-0.39, 0.29) is 11.1 Å². The first kappa shape index (κ1) is 21.6. The quantitative estimate of drug-likeness (QED) is 0.605. The average molecular weight is 374 g/mol. The van der Waals surface area contributed by atoms with Gasteiger partial charge in [-0.25, -0.2) is 0 Å². The molecule has 0 aliphatic rings. The SMILES string of the molecule is CC(C)(C)c1cc(C(C)(C)C)c(O)c(C(F)(F)C(F)(F)C(F)(F)F)c1. The molecule has 0 amide bonds. The molecule has 25 heavy (non-hydrogen) atoms. The van der Waals surface area contributed by atoms with Crippen molar-refractivity contribution >= 4 is 0 Å². The molecule has 1 aromatic carbocycles. The second kappa shape index (κ2) is 5.77. The van der Waals surface area contributed by atoms with Gasteiger partial charge in [-0.3, -0.25) is 0 Å². The molecule has 0 fully saturated rings. The highest BCUT2D eigenvalue weighted by molar-refractivity contribution is 5.51. The van der Waals surface area contributed by atoms with E-state index in [1.54, 1.807) is 20.8 Å². The predicted molar refractivity (Wildman–Crippen MR) is 80.4 cm³/mol. The van der Waals surface area contributed by atoms with Gasteiger partial charge < -0.3 is 5.11 Å². The lowest BCUT2D eigenvalue weighted by molar-refractivity contribution is -0.359. The van der Waals surface area contributed by atoms with Gasteiger partial charge in [-0.15, -0.1) is 0 Å². The van der Waals surface area contributed by atoms with Crippen LogP contribution in [0.25, 0.3) is 0 Å². The number of rotatable bonds is 2. The van der Waals surface area contributed by atoms with E-state index in [2.05, 4.69) is 0 Å². The van der Waals surface area contributed by atoms with E-state index in [1.165, 1.54) is 26.8 Å². The van der Waals surface area contributed by atoms with Crippen molar-refractivity contribution in [2.75, 3.05) is 0 Å². The minimum atomic E-state index is -6.47. The summed E-state index contributed by atoms with van der Waals surface area (Å²) in [4.78, 5) is 0. The third kappa shape index (κ3) is 3.72. The number of aromatic hydroxyl groups is 1. The van der Waals surface area contributed by atoms with E-state index in [9.17, 15) is 35.8 Å². The minimum Gasteiger partial charge on any atom is -0.507 e. The monoisotopic (exact) mass is 374 g/mol. The highest BCUT2D eigenvalue weighted by Crippen LogP contribution is 2.55. The summed E-state index contributed by atoms with van der Waals surface area (Å²) in [5, 5.41) is 10.1. The van der Waals surface area contributed by atoms with Crippen LogP contribution in [0.3, 0.4) is 0 Å². The van der Waals surface area contributed by atoms with Gasteiger partial charge in [0.25, 0.3) is 0 Å². The van der Waals surface area contributed by atoms with Crippen LogP contribution in [-0.2, 0) is 16.8 Å². The molecule has 0 saturated carbocycles. The predicted octanol–water partition coefficient (Wildman–Crippen LogP) is 6.28. The van der Waals surface area contributed by atoms with Gasteiger partial charge >= 0.3 is 18.0 Å². The summed E-state index contributed by atoms with van der Waals surface area (Å²) in [6.07, 6.45) is -6.47. The van der Waals surface area contributed by atoms with Crippen molar-refractivity contribution in [3.63, 3.8) is 0 Å². The molecule has 0 heterocycles. The number of hydrogen-bond acceptors (Lipinski definition) is 1. The van der Waals surface area contributed by atoms with Crippen molar-refractivity contribution in [1.29, 1.82) is 0 Å². The van der Waals surface area contributed by atoms with E-state index in [4.69, 9.17) is 0 Å². The number of phenols is 1. The van der Waals surface area contributed by atoms with Crippen LogP contribution in [0.4, 0.5) is 30.7 Å². The van der Waals surface area contributed by atoms with Crippen LogP contribution in [0, 0.1) is 0 Å². The Morgan fingerprint density at radius 3 is 1.40 bits per heavy atom. The molecule has 0 spiro atoms. The number of phenolic OH excluding ortho intramolecular Hbond substituents is 1. The van der Waals surface area contributed by atoms with Gasteiger partial charge in [-0.1, -0.05) is 47.6 Å². The van der Waals surface area contributed by atoms with Crippen LogP contribution in [0.5, 0.6) is 5.75 Å². The Morgan fingerprint density at radius 2 is 1.08 bits per heavy atom. The number of alkyl halides is 7. The summed E-state index contributed by atoms with van der Waals surface area (Å²) in [6, 6.07) is 1.87. The fraction of sp³-hybridized carbons (Fsp3) is 0.647. The molecule has 0 bridgehead atoms. The number of hydrogen-bond donors (Lipinski definition) is 1. The average Bonchev–Trinajstić information content (AvgIpc) is 2.34. The molecule has 1 N–H and O–H groups in total. The first-order chi connectivity index (χ1) is 10.7. The molecule has 1 nitrogen and oxygen atoms in total. The number of halogens is 7. The van der Waals surface area contributed by atoms with Gasteiger partial charge in [-0.2, -0.15) is 30.7 Å². The number of benzene rings is 1. The molecule has 0 aliphatic carbocycles. The van der Waals surface area contributed by atoms with Gasteiger partial charge in [-0.05, 0) is 22.5 Å². The van der Waals surface area contributed by atoms with E-state index in [0.29, 0.717) is 6.07 Å². The Balaban J connectivity index is 3.87.